The fourth-order valence-electron chi connectivity index (χ4n) is 4.61. The van der Waals surface area contributed by atoms with Gasteiger partial charge in [0.1, 0.15) is 0 Å². The van der Waals surface area contributed by atoms with Crippen molar-refractivity contribution >= 4 is 56.6 Å². The quantitative estimate of drug-likeness (QED) is 0.244. The third-order valence-corrected chi connectivity index (χ3v) is 7.54. The number of hydrogen-bond acceptors (Lipinski definition) is 7. The molecule has 1 unspecified atom stereocenters. The van der Waals surface area contributed by atoms with Gasteiger partial charge in [0.05, 0.1) is 5.52 Å². The standard InChI is InChI=1S/C28H31ClN6S/c1-18(16-26-34-28(36-35-26)32-20-14-12-19(29)13-15-20)23(30)17-31-27-21-8-4-2-3-5-10-24(21)33-25-11-7-6-9-22(25)27/h6-7,9,11-16,23H,2-5,8,10,17,30H2,1H3,(H,31,33)(H,32,34,35). The number of nitrogens with zero attached hydrogens (tertiary/aromatic N) is 3. The molecule has 1 atom stereocenters. The molecule has 2 aromatic heterocycles. The highest BCUT2D eigenvalue weighted by atomic mass is 35.5. The van der Waals surface area contributed by atoms with E-state index in [4.69, 9.17) is 22.3 Å². The number of hydrogen-bond donors (Lipinski definition) is 3. The summed E-state index contributed by atoms with van der Waals surface area (Å²) in [5.41, 5.74) is 13.4. The van der Waals surface area contributed by atoms with Gasteiger partial charge in [0.15, 0.2) is 5.82 Å². The van der Waals surface area contributed by atoms with Crippen molar-refractivity contribution < 1.29 is 0 Å². The number of aromatic nitrogens is 3. The van der Waals surface area contributed by atoms with Gasteiger partial charge in [-0.3, -0.25) is 4.98 Å². The highest BCUT2D eigenvalue weighted by Crippen LogP contribution is 2.32. The Hall–Kier alpha value is -3.00. The summed E-state index contributed by atoms with van der Waals surface area (Å²) in [5.74, 6) is 0.656. The molecule has 0 saturated heterocycles. The van der Waals surface area contributed by atoms with Crippen molar-refractivity contribution in [2.24, 2.45) is 5.73 Å². The van der Waals surface area contributed by atoms with Crippen molar-refractivity contribution in [2.75, 3.05) is 17.2 Å². The first kappa shape index (κ1) is 24.7. The lowest BCUT2D eigenvalue weighted by atomic mass is 9.94. The number of benzene rings is 2. The smallest absolute Gasteiger partial charge is 0.207 e. The zero-order valence-corrected chi connectivity index (χ0v) is 22.0. The van der Waals surface area contributed by atoms with E-state index in [0.29, 0.717) is 17.4 Å². The number of halogens is 1. The molecule has 5 rings (SSSR count). The monoisotopic (exact) mass is 518 g/mol. The van der Waals surface area contributed by atoms with Crippen LogP contribution < -0.4 is 16.4 Å². The molecule has 8 heteroatoms. The van der Waals surface area contributed by atoms with E-state index in [1.807, 2.05) is 37.3 Å². The Kier molecular flexibility index (Phi) is 7.80. The molecule has 0 aliphatic heterocycles. The lowest BCUT2D eigenvalue weighted by Crippen LogP contribution is -2.30. The van der Waals surface area contributed by atoms with Crippen LogP contribution in [0.15, 0.2) is 54.1 Å². The van der Waals surface area contributed by atoms with Gasteiger partial charge in [-0.15, -0.1) is 0 Å². The maximum atomic E-state index is 6.61. The minimum Gasteiger partial charge on any atom is -0.382 e. The van der Waals surface area contributed by atoms with Gasteiger partial charge < -0.3 is 16.4 Å². The van der Waals surface area contributed by atoms with Gasteiger partial charge in [-0.25, -0.2) is 0 Å². The normalized spacial score (nSPS) is 15.1. The average Bonchev–Trinajstić information content (AvgIpc) is 3.30. The number of fused-ring (bicyclic) bond motifs is 2. The molecule has 0 amide bonds. The second-order valence-corrected chi connectivity index (χ2v) is 10.5. The average molecular weight is 519 g/mol. The van der Waals surface area contributed by atoms with Crippen LogP contribution in [0.3, 0.4) is 0 Å². The fraction of sp³-hybridized carbons (Fsp3) is 0.321. The number of pyridine rings is 1. The molecule has 36 heavy (non-hydrogen) atoms. The summed E-state index contributed by atoms with van der Waals surface area (Å²) in [4.78, 5) is 9.61. The van der Waals surface area contributed by atoms with Gasteiger partial charge in [0.25, 0.3) is 0 Å². The predicted octanol–water partition coefficient (Wildman–Crippen LogP) is 6.99. The van der Waals surface area contributed by atoms with E-state index in [1.165, 1.54) is 59.5 Å². The van der Waals surface area contributed by atoms with Gasteiger partial charge in [0.2, 0.25) is 5.13 Å². The number of nitrogens with two attached hydrogens (primary N) is 1. The first-order chi connectivity index (χ1) is 17.6. The van der Waals surface area contributed by atoms with E-state index in [2.05, 4.69) is 44.3 Å². The first-order valence-electron chi connectivity index (χ1n) is 12.5. The topological polar surface area (TPSA) is 88.8 Å². The third kappa shape index (κ3) is 5.86. The zero-order chi connectivity index (χ0) is 24.9. The Labute approximate surface area is 221 Å². The van der Waals surface area contributed by atoms with E-state index in [0.717, 1.165) is 34.8 Å². The van der Waals surface area contributed by atoms with E-state index in [1.54, 1.807) is 0 Å². The highest BCUT2D eigenvalue weighted by molar-refractivity contribution is 7.09. The lowest BCUT2D eigenvalue weighted by molar-refractivity contribution is 0.610. The molecule has 0 fully saturated rings. The number of aryl methyl sites for hydroxylation is 1. The van der Waals surface area contributed by atoms with Crippen LogP contribution >= 0.6 is 23.1 Å². The SMILES string of the molecule is CC(=Cc1nsc(Nc2ccc(Cl)cc2)n1)C(N)CNc1c2c(nc3ccccc13)CCCCCC2. The van der Waals surface area contributed by atoms with Crippen LogP contribution in [0.2, 0.25) is 5.02 Å². The molecule has 4 N–H and O–H groups in total. The minimum absolute atomic E-state index is 0.169. The van der Waals surface area contributed by atoms with E-state index >= 15 is 0 Å². The summed E-state index contributed by atoms with van der Waals surface area (Å²) >= 11 is 7.29. The summed E-state index contributed by atoms with van der Waals surface area (Å²) < 4.78 is 4.47. The van der Waals surface area contributed by atoms with E-state index < -0.39 is 0 Å². The molecule has 6 nitrogen and oxygen atoms in total. The lowest BCUT2D eigenvalue weighted by Gasteiger charge is -2.22. The Morgan fingerprint density at radius 1 is 1.06 bits per heavy atom. The number of nitrogens with one attached hydrogen (secondary N) is 2. The molecular formula is C28H31ClN6S. The zero-order valence-electron chi connectivity index (χ0n) is 20.4. The molecule has 1 aliphatic carbocycles. The number of anilines is 3. The molecule has 0 saturated carbocycles. The Bertz CT molecular complexity index is 1360. The molecule has 4 aromatic rings. The van der Waals surface area contributed by atoms with Crippen LogP contribution in [0.5, 0.6) is 0 Å². The molecule has 186 valence electrons. The Morgan fingerprint density at radius 3 is 2.67 bits per heavy atom. The van der Waals surface area contributed by atoms with Crippen molar-refractivity contribution in [1.29, 1.82) is 0 Å². The van der Waals surface area contributed by atoms with Gasteiger partial charge in [0, 0.05) is 51.6 Å². The minimum atomic E-state index is -0.169. The largest absolute Gasteiger partial charge is 0.382 e. The van der Waals surface area contributed by atoms with E-state index in [-0.39, 0.29) is 6.04 Å². The van der Waals surface area contributed by atoms with Gasteiger partial charge in [-0.05, 0) is 74.6 Å². The molecule has 0 radical (unpaired) electrons. The van der Waals surface area contributed by atoms with Gasteiger partial charge in [-0.2, -0.15) is 9.36 Å². The second-order valence-electron chi connectivity index (χ2n) is 9.31. The van der Waals surface area contributed by atoms with Crippen molar-refractivity contribution in [3.63, 3.8) is 0 Å². The van der Waals surface area contributed by atoms with Crippen molar-refractivity contribution in [2.45, 2.75) is 51.5 Å². The predicted molar refractivity (Wildman–Crippen MR) is 152 cm³/mol. The summed E-state index contributed by atoms with van der Waals surface area (Å²) in [6, 6.07) is 15.7. The number of para-hydroxylation sites is 1. The van der Waals surface area contributed by atoms with Crippen molar-refractivity contribution in [3.05, 3.63) is 76.2 Å². The molecule has 2 aromatic carbocycles. The van der Waals surface area contributed by atoms with Crippen LogP contribution in [0.1, 0.15) is 49.7 Å². The molecule has 2 heterocycles. The van der Waals surface area contributed by atoms with Crippen LogP contribution in [-0.2, 0) is 12.8 Å². The summed E-state index contributed by atoms with van der Waals surface area (Å²) in [6.07, 6.45) is 9.04. The van der Waals surface area contributed by atoms with Gasteiger partial charge >= 0.3 is 0 Å². The van der Waals surface area contributed by atoms with Gasteiger partial charge in [-0.1, -0.05) is 48.2 Å². The maximum Gasteiger partial charge on any atom is 0.207 e. The molecule has 1 aliphatic rings. The van der Waals surface area contributed by atoms with Crippen molar-refractivity contribution in [1.82, 2.24) is 14.3 Å². The maximum absolute atomic E-state index is 6.61. The second kappa shape index (κ2) is 11.4. The van der Waals surface area contributed by atoms with Crippen LogP contribution in [0.4, 0.5) is 16.5 Å². The Morgan fingerprint density at radius 2 is 1.83 bits per heavy atom. The number of rotatable bonds is 7. The van der Waals surface area contributed by atoms with Crippen LogP contribution in [-0.4, -0.2) is 26.9 Å². The molecule has 0 spiro atoms. The fourth-order valence-corrected chi connectivity index (χ4v) is 5.31. The first-order valence-corrected chi connectivity index (χ1v) is 13.7. The Balaban J connectivity index is 1.30. The highest BCUT2D eigenvalue weighted by Gasteiger charge is 2.17. The summed E-state index contributed by atoms with van der Waals surface area (Å²) in [5, 5.41) is 9.57. The summed E-state index contributed by atoms with van der Waals surface area (Å²) in [6.45, 7) is 2.66. The summed E-state index contributed by atoms with van der Waals surface area (Å²) in [7, 11) is 0. The van der Waals surface area contributed by atoms with E-state index in [9.17, 15) is 0 Å². The third-order valence-electron chi connectivity index (χ3n) is 6.65. The van der Waals surface area contributed by atoms with Crippen LogP contribution in [0, 0.1) is 0 Å². The van der Waals surface area contributed by atoms with Crippen molar-refractivity contribution in [3.8, 4) is 0 Å². The van der Waals surface area contributed by atoms with Crippen LogP contribution in [0.25, 0.3) is 17.0 Å². The molecule has 0 bridgehead atoms. The molecular weight excluding hydrogens is 488 g/mol.